The van der Waals surface area contributed by atoms with Crippen molar-refractivity contribution in [3.63, 3.8) is 0 Å². The van der Waals surface area contributed by atoms with Crippen molar-refractivity contribution in [3.8, 4) is 5.69 Å². The number of hydrogen-bond donors (Lipinski definition) is 1. The third kappa shape index (κ3) is 3.00. The van der Waals surface area contributed by atoms with Crippen LogP contribution in [0.1, 0.15) is 36.6 Å². The van der Waals surface area contributed by atoms with Gasteiger partial charge in [-0.1, -0.05) is 19.9 Å². The van der Waals surface area contributed by atoms with Crippen molar-refractivity contribution in [2.24, 2.45) is 0 Å². The van der Waals surface area contributed by atoms with Crippen LogP contribution < -0.4 is 10.9 Å². The minimum absolute atomic E-state index is 0.0893. The van der Waals surface area contributed by atoms with Crippen molar-refractivity contribution < 1.29 is 4.79 Å². The second kappa shape index (κ2) is 6.74. The van der Waals surface area contributed by atoms with Crippen molar-refractivity contribution in [2.45, 2.75) is 40.2 Å². The van der Waals surface area contributed by atoms with Crippen LogP contribution in [0.15, 0.2) is 29.2 Å². The highest BCUT2D eigenvalue weighted by atomic mass is 16.2. The van der Waals surface area contributed by atoms with Gasteiger partial charge in [0.2, 0.25) is 5.91 Å². The largest absolute Gasteiger partial charge is 0.358 e. The Labute approximate surface area is 151 Å². The zero-order chi connectivity index (χ0) is 19.0. The lowest BCUT2D eigenvalue weighted by molar-refractivity contribution is -0.121. The molecule has 1 N–H and O–H groups in total. The Bertz CT molecular complexity index is 1050. The minimum atomic E-state index is -0.330. The summed E-state index contributed by atoms with van der Waals surface area (Å²) < 4.78 is 2.85. The summed E-state index contributed by atoms with van der Waals surface area (Å²) in [5.74, 6) is -0.183. The van der Waals surface area contributed by atoms with Crippen molar-refractivity contribution in [1.29, 1.82) is 0 Å². The van der Waals surface area contributed by atoms with Crippen LogP contribution in [0.25, 0.3) is 16.6 Å². The lowest BCUT2D eigenvalue weighted by Crippen LogP contribution is -2.33. The Morgan fingerprint density at radius 1 is 1.23 bits per heavy atom. The van der Waals surface area contributed by atoms with Gasteiger partial charge in [0.25, 0.3) is 5.56 Å². The van der Waals surface area contributed by atoms with E-state index in [0.717, 1.165) is 22.3 Å². The molecule has 0 spiro atoms. The number of nitrogens with zero attached hydrogens (tertiary/aromatic N) is 4. The molecular weight excluding hydrogens is 330 g/mol. The van der Waals surface area contributed by atoms with Gasteiger partial charge in [0.1, 0.15) is 12.1 Å². The highest BCUT2D eigenvalue weighted by molar-refractivity contribution is 5.82. The minimum Gasteiger partial charge on any atom is -0.358 e. The summed E-state index contributed by atoms with van der Waals surface area (Å²) in [6.07, 6.45) is 1.68. The molecule has 0 aliphatic heterocycles. The number of carbonyl (C=O) groups excluding carboxylic acids is 1. The first-order valence-corrected chi connectivity index (χ1v) is 8.60. The van der Waals surface area contributed by atoms with Gasteiger partial charge in [-0.05, 0) is 43.0 Å². The van der Waals surface area contributed by atoms with Crippen LogP contribution in [0.3, 0.4) is 0 Å². The van der Waals surface area contributed by atoms with E-state index in [-0.39, 0.29) is 23.9 Å². The highest BCUT2D eigenvalue weighted by Gasteiger charge is 2.19. The normalized spacial score (nSPS) is 11.3. The molecule has 1 amide bonds. The zero-order valence-electron chi connectivity index (χ0n) is 15.7. The fraction of sp³-hybridized carbons (Fsp3) is 0.368. The van der Waals surface area contributed by atoms with E-state index in [0.29, 0.717) is 5.52 Å². The monoisotopic (exact) mass is 353 g/mol. The van der Waals surface area contributed by atoms with Crippen LogP contribution >= 0.6 is 0 Å². The van der Waals surface area contributed by atoms with Crippen LogP contribution in [-0.4, -0.2) is 32.5 Å². The van der Waals surface area contributed by atoms with Gasteiger partial charge in [0, 0.05) is 12.4 Å². The Morgan fingerprint density at radius 2 is 1.96 bits per heavy atom. The Balaban J connectivity index is 2.30. The molecule has 0 bridgehead atoms. The second-order valence-electron chi connectivity index (χ2n) is 6.76. The maximum absolute atomic E-state index is 13.0. The number of fused-ring (bicyclic) bond motifs is 1. The van der Waals surface area contributed by atoms with Crippen LogP contribution in [-0.2, 0) is 11.3 Å². The van der Waals surface area contributed by atoms with Crippen LogP contribution in [0, 0.1) is 13.8 Å². The zero-order valence-corrected chi connectivity index (χ0v) is 15.7. The summed E-state index contributed by atoms with van der Waals surface area (Å²) in [7, 11) is 1.54. The van der Waals surface area contributed by atoms with Crippen LogP contribution in [0.5, 0.6) is 0 Å². The summed E-state index contributed by atoms with van der Waals surface area (Å²) in [5, 5.41) is 12.1. The second-order valence-corrected chi connectivity index (χ2v) is 6.76. The van der Waals surface area contributed by atoms with Gasteiger partial charge in [-0.15, -0.1) is 0 Å². The van der Waals surface area contributed by atoms with E-state index in [4.69, 9.17) is 0 Å². The molecule has 0 aliphatic carbocycles. The lowest BCUT2D eigenvalue weighted by Gasteiger charge is -2.12. The predicted molar refractivity (Wildman–Crippen MR) is 101 cm³/mol. The van der Waals surface area contributed by atoms with Gasteiger partial charge in [-0.25, -0.2) is 9.36 Å². The maximum Gasteiger partial charge on any atom is 0.293 e. The summed E-state index contributed by atoms with van der Waals surface area (Å²) >= 11 is 0. The van der Waals surface area contributed by atoms with Gasteiger partial charge < -0.3 is 5.32 Å². The summed E-state index contributed by atoms with van der Waals surface area (Å²) in [4.78, 5) is 24.8. The van der Waals surface area contributed by atoms with E-state index < -0.39 is 0 Å². The van der Waals surface area contributed by atoms with E-state index in [1.807, 2.05) is 45.9 Å². The first-order valence-electron chi connectivity index (χ1n) is 8.60. The number of hydrogen-bond acceptors (Lipinski definition) is 4. The van der Waals surface area contributed by atoms with Crippen LogP contribution in [0.4, 0.5) is 0 Å². The first kappa shape index (κ1) is 17.8. The third-order valence-corrected chi connectivity index (χ3v) is 4.56. The molecule has 3 aromatic rings. The number of nitrogens with one attached hydrogen (secondary N) is 1. The maximum atomic E-state index is 13.0. The summed E-state index contributed by atoms with van der Waals surface area (Å²) in [6, 6.07) is 5.94. The third-order valence-electron chi connectivity index (χ3n) is 4.56. The van der Waals surface area contributed by atoms with Gasteiger partial charge in [-0.3, -0.25) is 9.59 Å². The van der Waals surface area contributed by atoms with Gasteiger partial charge in [0.05, 0.1) is 17.6 Å². The molecule has 0 aliphatic rings. The van der Waals surface area contributed by atoms with E-state index in [1.54, 1.807) is 10.9 Å². The molecule has 0 fully saturated rings. The molecule has 0 saturated heterocycles. The topological polar surface area (TPSA) is 81.8 Å². The molecule has 0 saturated carbocycles. The number of aryl methyl sites for hydroxylation is 2. The molecular formula is C19H23N5O2. The Hall–Kier alpha value is -2.96. The van der Waals surface area contributed by atoms with E-state index in [9.17, 15) is 9.59 Å². The smallest absolute Gasteiger partial charge is 0.293 e. The summed E-state index contributed by atoms with van der Waals surface area (Å²) in [5.41, 5.74) is 3.97. The quantitative estimate of drug-likeness (QED) is 0.778. The molecule has 26 heavy (non-hydrogen) atoms. The van der Waals surface area contributed by atoms with Gasteiger partial charge in [-0.2, -0.15) is 10.2 Å². The molecule has 1 aromatic carbocycles. The van der Waals surface area contributed by atoms with E-state index in [1.165, 1.54) is 17.3 Å². The number of rotatable bonds is 4. The Kier molecular flexibility index (Phi) is 4.63. The molecule has 0 atom stereocenters. The fourth-order valence-corrected chi connectivity index (χ4v) is 2.90. The van der Waals surface area contributed by atoms with Gasteiger partial charge in [0.15, 0.2) is 0 Å². The summed E-state index contributed by atoms with van der Waals surface area (Å²) in [6.45, 7) is 7.95. The average molecular weight is 353 g/mol. The fourth-order valence-electron chi connectivity index (χ4n) is 2.90. The van der Waals surface area contributed by atoms with Crippen molar-refractivity contribution in [1.82, 2.24) is 24.9 Å². The van der Waals surface area contributed by atoms with Gasteiger partial charge >= 0.3 is 0 Å². The highest BCUT2D eigenvalue weighted by Crippen LogP contribution is 2.23. The molecule has 2 aromatic heterocycles. The molecule has 0 unspecified atom stereocenters. The number of carbonyl (C=O) groups is 1. The molecule has 3 rings (SSSR count). The molecule has 7 nitrogen and oxygen atoms in total. The van der Waals surface area contributed by atoms with Crippen LogP contribution in [0.2, 0.25) is 0 Å². The molecule has 7 heteroatoms. The number of benzene rings is 1. The number of likely N-dealkylation sites (N-methyl/N-ethyl adjacent to an activating group) is 1. The lowest BCUT2D eigenvalue weighted by atomic mass is 10.1. The van der Waals surface area contributed by atoms with Crippen molar-refractivity contribution in [2.75, 3.05) is 7.05 Å². The van der Waals surface area contributed by atoms with Crippen molar-refractivity contribution in [3.05, 3.63) is 51.6 Å². The van der Waals surface area contributed by atoms with E-state index >= 15 is 0 Å². The molecule has 136 valence electrons. The van der Waals surface area contributed by atoms with Crippen molar-refractivity contribution >= 4 is 16.8 Å². The Morgan fingerprint density at radius 3 is 2.58 bits per heavy atom. The number of aromatic nitrogens is 4. The standard InChI is InChI=1S/C19H23N5O2/c1-11(2)17-15-9-21-24(14-7-6-12(3)13(4)8-14)18(15)19(26)23(22-17)10-16(25)20-5/h6-9,11H,10H2,1-5H3,(H,20,25). The molecule has 0 radical (unpaired) electrons. The SMILES string of the molecule is CNC(=O)Cn1nc(C(C)C)c2cnn(-c3ccc(C)c(C)c3)c2c1=O. The predicted octanol–water partition coefficient (Wildman–Crippen LogP) is 2.07. The van der Waals surface area contributed by atoms with E-state index in [2.05, 4.69) is 15.5 Å². The number of amides is 1. The average Bonchev–Trinajstić information content (AvgIpc) is 3.04. The molecule has 2 heterocycles. The first-order chi connectivity index (χ1) is 12.3.